The van der Waals surface area contributed by atoms with Crippen LogP contribution in [0.4, 0.5) is 0 Å². The average Bonchev–Trinajstić information content (AvgIpc) is 2.69. The van der Waals surface area contributed by atoms with Gasteiger partial charge in [0.25, 0.3) is 0 Å². The maximum Gasteiger partial charge on any atom is 0.242 e. The van der Waals surface area contributed by atoms with Crippen LogP contribution >= 0.6 is 23.2 Å². The molecule has 3 rings (SSSR count). The molecule has 0 aromatic heterocycles. The van der Waals surface area contributed by atoms with Crippen LogP contribution in [0.3, 0.4) is 0 Å². The second-order valence-electron chi connectivity index (χ2n) is 6.00. The lowest BCUT2D eigenvalue weighted by Crippen LogP contribution is -2.36. The Morgan fingerprint density at radius 2 is 1.33 bits per heavy atom. The van der Waals surface area contributed by atoms with Gasteiger partial charge in [-0.05, 0) is 23.3 Å². The molecule has 0 unspecified atom stereocenters. The molecule has 2 atom stereocenters. The number of hydrogen-bond acceptors (Lipinski definition) is 3. The molecule has 3 aromatic carbocycles. The van der Waals surface area contributed by atoms with Crippen molar-refractivity contribution in [2.75, 3.05) is 0 Å². The van der Waals surface area contributed by atoms with Gasteiger partial charge in [-0.2, -0.15) is 0 Å². The normalized spacial score (nSPS) is 13.9. The number of nitrogens with one attached hydrogen (secondary N) is 1. The van der Waals surface area contributed by atoms with E-state index in [1.54, 1.807) is 0 Å². The predicted molar refractivity (Wildman–Crippen MR) is 109 cm³/mol. The molecule has 0 saturated heterocycles. The Morgan fingerprint density at radius 3 is 1.93 bits per heavy atom. The van der Waals surface area contributed by atoms with Crippen molar-refractivity contribution in [3.05, 3.63) is 100 Å². The van der Waals surface area contributed by atoms with Crippen molar-refractivity contribution in [3.63, 3.8) is 0 Å². The molecule has 0 radical (unpaired) electrons. The highest BCUT2D eigenvalue weighted by Gasteiger charge is 2.29. The third-order valence-corrected chi connectivity index (χ3v) is 6.60. The monoisotopic (exact) mass is 420 g/mol. The lowest BCUT2D eigenvalue weighted by molar-refractivity contribution is 0.504. The molecule has 0 aliphatic heterocycles. The van der Waals surface area contributed by atoms with E-state index in [1.807, 2.05) is 60.7 Å². The zero-order valence-corrected chi connectivity index (χ0v) is 16.5. The Morgan fingerprint density at radius 1 is 0.778 bits per heavy atom. The Balaban J connectivity index is 2.02. The quantitative estimate of drug-likeness (QED) is 0.605. The SMILES string of the molecule is N[C@H](c1ccccc1)[C@H](NS(=O)(=O)c1cccc(Cl)c1Cl)c1ccccc1. The molecule has 3 aromatic rings. The largest absolute Gasteiger partial charge is 0.322 e. The van der Waals surface area contributed by atoms with Crippen LogP contribution in [0.1, 0.15) is 23.2 Å². The van der Waals surface area contributed by atoms with Crippen LogP contribution in [0, 0.1) is 0 Å². The average molecular weight is 421 g/mol. The van der Waals surface area contributed by atoms with E-state index in [1.165, 1.54) is 18.2 Å². The molecule has 0 aliphatic rings. The van der Waals surface area contributed by atoms with Gasteiger partial charge in [-0.1, -0.05) is 89.9 Å². The summed E-state index contributed by atoms with van der Waals surface area (Å²) in [5.74, 6) is 0. The minimum Gasteiger partial charge on any atom is -0.322 e. The van der Waals surface area contributed by atoms with Crippen LogP contribution in [0.15, 0.2) is 83.8 Å². The Kier molecular flexibility index (Phi) is 6.19. The Hall–Kier alpha value is -1.89. The highest BCUT2D eigenvalue weighted by Crippen LogP contribution is 2.32. The van der Waals surface area contributed by atoms with E-state index < -0.39 is 22.1 Å². The fourth-order valence-electron chi connectivity index (χ4n) is 2.80. The third-order valence-electron chi connectivity index (χ3n) is 4.19. The minimum absolute atomic E-state index is 0.0215. The van der Waals surface area contributed by atoms with Crippen molar-refractivity contribution in [2.45, 2.75) is 17.0 Å². The zero-order valence-electron chi connectivity index (χ0n) is 14.2. The van der Waals surface area contributed by atoms with E-state index in [2.05, 4.69) is 4.72 Å². The number of rotatable bonds is 6. The fourth-order valence-corrected chi connectivity index (χ4v) is 4.81. The van der Waals surface area contributed by atoms with Crippen molar-refractivity contribution in [2.24, 2.45) is 5.73 Å². The maximum atomic E-state index is 13.0. The number of halogens is 2. The van der Waals surface area contributed by atoms with Gasteiger partial charge in [0.05, 0.1) is 22.1 Å². The molecule has 3 N–H and O–H groups in total. The number of hydrogen-bond donors (Lipinski definition) is 2. The van der Waals surface area contributed by atoms with Gasteiger partial charge in [0.1, 0.15) is 4.90 Å². The fraction of sp³-hybridized carbons (Fsp3) is 0.100. The molecule has 0 spiro atoms. The molecule has 0 saturated carbocycles. The first-order chi connectivity index (χ1) is 12.9. The third kappa shape index (κ3) is 4.51. The molecular weight excluding hydrogens is 403 g/mol. The molecule has 140 valence electrons. The molecule has 0 amide bonds. The van der Waals surface area contributed by atoms with Crippen LogP contribution in [-0.4, -0.2) is 8.42 Å². The molecular formula is C20H18Cl2N2O2S. The van der Waals surface area contributed by atoms with Gasteiger partial charge in [0, 0.05) is 0 Å². The number of nitrogens with two attached hydrogens (primary N) is 1. The second-order valence-corrected chi connectivity index (χ2v) is 8.47. The summed E-state index contributed by atoms with van der Waals surface area (Å²) in [5.41, 5.74) is 8.00. The summed E-state index contributed by atoms with van der Waals surface area (Å²) in [7, 11) is -3.96. The Bertz CT molecular complexity index is 1010. The van der Waals surface area contributed by atoms with Gasteiger partial charge >= 0.3 is 0 Å². The first-order valence-corrected chi connectivity index (χ1v) is 10.5. The first kappa shape index (κ1) is 19.9. The lowest BCUT2D eigenvalue weighted by Gasteiger charge is -2.26. The van der Waals surface area contributed by atoms with Crippen molar-refractivity contribution in [1.82, 2.24) is 4.72 Å². The van der Waals surface area contributed by atoms with E-state index in [9.17, 15) is 8.42 Å². The summed E-state index contributed by atoms with van der Waals surface area (Å²) < 4.78 is 28.7. The zero-order chi connectivity index (χ0) is 19.4. The van der Waals surface area contributed by atoms with E-state index >= 15 is 0 Å². The molecule has 7 heteroatoms. The van der Waals surface area contributed by atoms with E-state index in [0.29, 0.717) is 0 Å². The molecule has 4 nitrogen and oxygen atoms in total. The summed E-state index contributed by atoms with van der Waals surface area (Å²) >= 11 is 12.1. The van der Waals surface area contributed by atoms with Crippen molar-refractivity contribution in [1.29, 1.82) is 0 Å². The van der Waals surface area contributed by atoms with Crippen LogP contribution in [0.5, 0.6) is 0 Å². The molecule has 0 heterocycles. The van der Waals surface area contributed by atoms with E-state index in [0.717, 1.165) is 11.1 Å². The second kappa shape index (κ2) is 8.42. The first-order valence-electron chi connectivity index (χ1n) is 8.22. The maximum absolute atomic E-state index is 13.0. The predicted octanol–water partition coefficient (Wildman–Crippen LogP) is 4.71. The van der Waals surface area contributed by atoms with Crippen LogP contribution in [0.25, 0.3) is 0 Å². The molecule has 0 bridgehead atoms. The topological polar surface area (TPSA) is 72.2 Å². The standard InChI is InChI=1S/C20H18Cl2N2O2S/c21-16-12-7-13-17(18(16)22)27(25,26)24-20(15-10-5-2-6-11-15)19(23)14-8-3-1-4-9-14/h1-13,19-20,24H,23H2/t19-,20-/m1/s1. The molecule has 0 aliphatic carbocycles. The van der Waals surface area contributed by atoms with E-state index in [-0.39, 0.29) is 14.9 Å². The van der Waals surface area contributed by atoms with Gasteiger partial charge in [-0.25, -0.2) is 13.1 Å². The van der Waals surface area contributed by atoms with Crippen LogP contribution in [-0.2, 0) is 10.0 Å². The minimum atomic E-state index is -3.96. The van der Waals surface area contributed by atoms with Gasteiger partial charge in [0.2, 0.25) is 10.0 Å². The van der Waals surface area contributed by atoms with Crippen LogP contribution in [0.2, 0.25) is 10.0 Å². The highest BCUT2D eigenvalue weighted by molar-refractivity contribution is 7.89. The number of sulfonamides is 1. The molecule has 27 heavy (non-hydrogen) atoms. The number of benzene rings is 3. The van der Waals surface area contributed by atoms with Crippen molar-refractivity contribution >= 4 is 33.2 Å². The summed E-state index contributed by atoms with van der Waals surface area (Å²) in [6, 6.07) is 21.7. The van der Waals surface area contributed by atoms with Gasteiger partial charge in [0.15, 0.2) is 0 Å². The van der Waals surface area contributed by atoms with E-state index in [4.69, 9.17) is 28.9 Å². The lowest BCUT2D eigenvalue weighted by atomic mass is 9.95. The van der Waals surface area contributed by atoms with Crippen molar-refractivity contribution < 1.29 is 8.42 Å². The smallest absolute Gasteiger partial charge is 0.242 e. The van der Waals surface area contributed by atoms with Gasteiger partial charge in [-0.15, -0.1) is 0 Å². The molecule has 0 fully saturated rings. The highest BCUT2D eigenvalue weighted by atomic mass is 35.5. The van der Waals surface area contributed by atoms with Gasteiger partial charge < -0.3 is 5.73 Å². The summed E-state index contributed by atoms with van der Waals surface area (Å²) in [6.07, 6.45) is 0. The summed E-state index contributed by atoms with van der Waals surface area (Å²) in [5, 5.41) is 0.148. The summed E-state index contributed by atoms with van der Waals surface area (Å²) in [6.45, 7) is 0. The van der Waals surface area contributed by atoms with Crippen LogP contribution < -0.4 is 10.5 Å². The van der Waals surface area contributed by atoms with Gasteiger partial charge in [-0.3, -0.25) is 0 Å². The van der Waals surface area contributed by atoms with Crippen molar-refractivity contribution in [3.8, 4) is 0 Å². The summed E-state index contributed by atoms with van der Waals surface area (Å²) in [4.78, 5) is -0.0853. The Labute approximate surface area is 169 Å².